The van der Waals surface area contributed by atoms with Crippen LogP contribution in [0.1, 0.15) is 5.56 Å². The van der Waals surface area contributed by atoms with Gasteiger partial charge in [-0.15, -0.1) is 77.5 Å². The molecule has 4 aromatic carbocycles. The maximum absolute atomic E-state index is 5.72. The molecule has 0 amide bonds. The van der Waals surface area contributed by atoms with Gasteiger partial charge in [-0.25, -0.2) is 17.7 Å². The van der Waals surface area contributed by atoms with Crippen LogP contribution in [0.5, 0.6) is 5.75 Å². The molecule has 0 N–H and O–H groups in total. The van der Waals surface area contributed by atoms with Gasteiger partial charge in [-0.2, -0.15) is 24.3 Å². The van der Waals surface area contributed by atoms with Crippen molar-refractivity contribution < 1.29 is 57.6 Å². The van der Waals surface area contributed by atoms with E-state index in [1.54, 1.807) is 0 Å². The molecule has 38 heavy (non-hydrogen) atoms. The van der Waals surface area contributed by atoms with Crippen molar-refractivity contribution in [3.8, 4) is 39.5 Å². The number of hydrogen-bond donors (Lipinski definition) is 0. The van der Waals surface area contributed by atoms with E-state index >= 15 is 0 Å². The third-order valence-corrected chi connectivity index (χ3v) is 5.96. The Morgan fingerprint density at radius 2 is 1.42 bits per heavy atom. The van der Waals surface area contributed by atoms with Crippen LogP contribution < -0.4 is 4.74 Å². The maximum Gasteiger partial charge on any atom is 0.0626 e. The molecule has 2 aromatic heterocycles. The summed E-state index contributed by atoms with van der Waals surface area (Å²) in [6.07, 6.45) is 1.85. The fraction of sp³-hybridized carbons (Fsp3) is 0.0303. The molecule has 0 atom stereocenters. The van der Waals surface area contributed by atoms with E-state index in [4.69, 9.17) is 4.74 Å². The van der Waals surface area contributed by atoms with Crippen LogP contribution in [0.25, 0.3) is 44.5 Å². The van der Waals surface area contributed by atoms with Gasteiger partial charge in [0, 0.05) is 64.8 Å². The molecule has 0 saturated carbocycles. The van der Waals surface area contributed by atoms with Crippen molar-refractivity contribution >= 4 is 10.8 Å². The quantitative estimate of drug-likeness (QED) is 0.174. The van der Waals surface area contributed by atoms with Gasteiger partial charge in [0.2, 0.25) is 0 Å². The third-order valence-electron chi connectivity index (χ3n) is 5.96. The molecular weight excluding hydrogens is 721 g/mol. The van der Waals surface area contributed by atoms with Crippen LogP contribution in [0.15, 0.2) is 109 Å². The fourth-order valence-electron chi connectivity index (χ4n) is 4.21. The molecule has 3 heterocycles. The van der Waals surface area contributed by atoms with Crippen LogP contribution in [0, 0.1) is 24.3 Å². The number of benzene rings is 4. The Hall–Kier alpha value is -3.01. The second-order valence-corrected chi connectivity index (χ2v) is 8.25. The molecule has 0 fully saturated rings. The van der Waals surface area contributed by atoms with Crippen molar-refractivity contribution in [1.29, 1.82) is 0 Å². The van der Waals surface area contributed by atoms with E-state index in [0.717, 1.165) is 45.1 Å². The van der Waals surface area contributed by atoms with Gasteiger partial charge >= 0.3 is 0 Å². The first-order valence-electron chi connectivity index (χ1n) is 11.7. The van der Waals surface area contributed by atoms with Gasteiger partial charge in [0.25, 0.3) is 0 Å². The molecule has 5 heteroatoms. The Labute approximate surface area is 261 Å². The smallest absolute Gasteiger partial charge is 0.0626 e. The van der Waals surface area contributed by atoms with Crippen molar-refractivity contribution in [1.82, 2.24) is 9.97 Å². The van der Waals surface area contributed by atoms with Crippen LogP contribution in [0.3, 0.4) is 0 Å². The Morgan fingerprint density at radius 1 is 0.684 bits per heavy atom. The van der Waals surface area contributed by atoms with Crippen LogP contribution >= 0.6 is 0 Å². The van der Waals surface area contributed by atoms with E-state index in [0.29, 0.717) is 6.61 Å². The van der Waals surface area contributed by atoms with E-state index in [1.165, 1.54) is 10.8 Å². The second-order valence-electron chi connectivity index (χ2n) is 8.25. The molecule has 3 nitrogen and oxygen atoms in total. The molecule has 184 valence electrons. The van der Waals surface area contributed by atoms with Crippen LogP contribution in [-0.2, 0) is 59.4 Å². The molecule has 7 rings (SSSR count). The van der Waals surface area contributed by atoms with Gasteiger partial charge < -0.3 is 14.7 Å². The predicted molar refractivity (Wildman–Crippen MR) is 142 cm³/mol. The summed E-state index contributed by atoms with van der Waals surface area (Å²) in [5.74, 6) is 0.764. The predicted octanol–water partition coefficient (Wildman–Crippen LogP) is 7.41. The zero-order valence-corrected chi connectivity index (χ0v) is 25.5. The zero-order chi connectivity index (χ0) is 24.2. The standard InChI is InChI=1S/C18H10NO.C15H10N.Ir.Y/c1-2-6-13(7-3-1)16-10-11-17-18(19-16)15-9-5-4-8-14(15)12-20-17;1-2-7-13(8-3-1)15-14-9-5-4-6-12(14)10-11-16-15;;/h1-6,8,11H,12H2;1-7,9-11H;;/q-3;-1;;. The number of rotatable bonds is 2. The van der Waals surface area contributed by atoms with E-state index in [9.17, 15) is 0 Å². The first-order chi connectivity index (χ1) is 17.9. The first kappa shape index (κ1) is 28.0. The maximum atomic E-state index is 5.72. The first-order valence-corrected chi connectivity index (χ1v) is 11.7. The monoisotopic (exact) mass is 742 g/mol. The molecule has 2 radical (unpaired) electrons. The van der Waals surface area contributed by atoms with Crippen LogP contribution in [0.2, 0.25) is 0 Å². The number of hydrogen-bond acceptors (Lipinski definition) is 3. The largest absolute Gasteiger partial charge is 0.562 e. The average Bonchev–Trinajstić information content (AvgIpc) is 2.98. The Kier molecular flexibility index (Phi) is 9.71. The van der Waals surface area contributed by atoms with Gasteiger partial charge in [0.15, 0.2) is 0 Å². The topological polar surface area (TPSA) is 35.0 Å². The summed E-state index contributed by atoms with van der Waals surface area (Å²) < 4.78 is 5.72. The van der Waals surface area contributed by atoms with Gasteiger partial charge in [0.05, 0.1) is 6.61 Å². The van der Waals surface area contributed by atoms with Crippen molar-refractivity contribution in [2.75, 3.05) is 0 Å². The summed E-state index contributed by atoms with van der Waals surface area (Å²) in [6.45, 7) is 0.562. The molecule has 1 aliphatic heterocycles. The van der Waals surface area contributed by atoms with E-state index in [2.05, 4.69) is 46.4 Å². The number of nitrogens with zero attached hydrogens (tertiary/aromatic N) is 2. The van der Waals surface area contributed by atoms with Gasteiger partial charge in [-0.1, -0.05) is 29.8 Å². The summed E-state index contributed by atoms with van der Waals surface area (Å²) in [7, 11) is 0. The SMILES string of the molecule is [Ir].[Y].[c-]1ccccc1-c1[c-]cc2c(n1)-c1[c-]cccc1CO2.[c-]1ccccc1-c1nccc2ccccc12. The van der Waals surface area contributed by atoms with Gasteiger partial charge in [0.1, 0.15) is 0 Å². The Balaban J connectivity index is 0.000000172. The van der Waals surface area contributed by atoms with Gasteiger partial charge in [-0.05, 0) is 28.2 Å². The third kappa shape index (κ3) is 6.00. The van der Waals surface area contributed by atoms with Crippen molar-refractivity contribution in [2.24, 2.45) is 0 Å². The van der Waals surface area contributed by atoms with E-state index in [1.807, 2.05) is 97.2 Å². The van der Waals surface area contributed by atoms with E-state index in [-0.39, 0.29) is 52.8 Å². The summed E-state index contributed by atoms with van der Waals surface area (Å²) in [5, 5.41) is 2.39. The number of pyridine rings is 2. The van der Waals surface area contributed by atoms with Gasteiger partial charge in [-0.3, -0.25) is 0 Å². The minimum absolute atomic E-state index is 0. The average molecular weight is 742 g/mol. The summed E-state index contributed by atoms with van der Waals surface area (Å²) in [4.78, 5) is 9.13. The van der Waals surface area contributed by atoms with Crippen LogP contribution in [0.4, 0.5) is 0 Å². The van der Waals surface area contributed by atoms with Crippen LogP contribution in [-0.4, -0.2) is 9.97 Å². The normalized spacial score (nSPS) is 10.8. The number of fused-ring (bicyclic) bond motifs is 4. The molecule has 0 unspecified atom stereocenters. The number of aromatic nitrogens is 2. The van der Waals surface area contributed by atoms with Crippen molar-refractivity contribution in [2.45, 2.75) is 6.61 Å². The van der Waals surface area contributed by atoms with Crippen molar-refractivity contribution in [3.63, 3.8) is 0 Å². The summed E-state index contributed by atoms with van der Waals surface area (Å²) in [6, 6.07) is 46.6. The molecule has 6 aromatic rings. The molecule has 0 bridgehead atoms. The summed E-state index contributed by atoms with van der Waals surface area (Å²) >= 11 is 0. The fourth-order valence-corrected chi connectivity index (χ4v) is 4.21. The molecule has 1 aliphatic rings. The molecule has 0 saturated heterocycles. The second kappa shape index (κ2) is 13.2. The summed E-state index contributed by atoms with van der Waals surface area (Å²) in [5.41, 5.74) is 6.70. The minimum atomic E-state index is 0. The van der Waals surface area contributed by atoms with E-state index < -0.39 is 0 Å². The van der Waals surface area contributed by atoms with Crippen molar-refractivity contribution in [3.05, 3.63) is 139 Å². The molecule has 0 aliphatic carbocycles. The minimum Gasteiger partial charge on any atom is -0.562 e. The molecule has 0 spiro atoms. The Bertz CT molecular complexity index is 1640. The Morgan fingerprint density at radius 3 is 2.21 bits per heavy atom. The number of ether oxygens (including phenoxy) is 1. The zero-order valence-electron chi connectivity index (χ0n) is 20.3. The molecular formula is C33H20IrN2OY-4.